The monoisotopic (exact) mass is 284 g/mol. The van der Waals surface area contributed by atoms with Gasteiger partial charge in [-0.15, -0.1) is 0 Å². The van der Waals surface area contributed by atoms with E-state index in [0.717, 1.165) is 18.5 Å². The first-order chi connectivity index (χ1) is 10.3. The molecular weight excluding hydrogens is 260 g/mol. The molecule has 0 radical (unpaired) electrons. The zero-order valence-corrected chi connectivity index (χ0v) is 12.8. The number of nitrogens with zero attached hydrogens (tertiary/aromatic N) is 2. The number of hydrogen-bond donors (Lipinski definition) is 0. The smallest absolute Gasteiger partial charge is 0.136 e. The molecule has 1 heterocycles. The van der Waals surface area contributed by atoms with E-state index in [2.05, 4.69) is 17.0 Å². The molecule has 1 aliphatic carbocycles. The minimum Gasteiger partial charge on any atom is -0.495 e. The van der Waals surface area contributed by atoms with Crippen molar-refractivity contribution in [3.8, 4) is 11.8 Å². The Kier molecular flexibility index (Phi) is 4.45. The number of ether oxygens (including phenoxy) is 1. The molecule has 1 saturated heterocycles. The molecule has 0 unspecified atom stereocenters. The van der Waals surface area contributed by atoms with Crippen LogP contribution in [-0.4, -0.2) is 24.6 Å². The Morgan fingerprint density at radius 2 is 2.05 bits per heavy atom. The molecule has 3 nitrogen and oxygen atoms in total. The van der Waals surface area contributed by atoms with Gasteiger partial charge in [-0.3, -0.25) is 4.90 Å². The summed E-state index contributed by atoms with van der Waals surface area (Å²) in [4.78, 5) is 2.65. The van der Waals surface area contributed by atoms with Crippen LogP contribution in [0.3, 0.4) is 0 Å². The molecule has 1 aromatic rings. The van der Waals surface area contributed by atoms with Gasteiger partial charge in [0.15, 0.2) is 0 Å². The van der Waals surface area contributed by atoms with Gasteiger partial charge >= 0.3 is 0 Å². The second-order valence-corrected chi connectivity index (χ2v) is 6.37. The van der Waals surface area contributed by atoms with Gasteiger partial charge in [-0.05, 0) is 55.8 Å². The van der Waals surface area contributed by atoms with Crippen molar-refractivity contribution < 1.29 is 4.74 Å². The molecule has 0 aromatic heterocycles. The van der Waals surface area contributed by atoms with Gasteiger partial charge in [0.2, 0.25) is 0 Å². The van der Waals surface area contributed by atoms with E-state index in [9.17, 15) is 5.26 Å². The lowest BCUT2D eigenvalue weighted by Crippen LogP contribution is -2.46. The number of rotatable bonds is 3. The summed E-state index contributed by atoms with van der Waals surface area (Å²) in [5.74, 6) is 1.58. The Bertz CT molecular complexity index is 533. The maximum absolute atomic E-state index is 9.22. The van der Waals surface area contributed by atoms with Crippen molar-refractivity contribution in [1.29, 1.82) is 5.26 Å². The van der Waals surface area contributed by atoms with E-state index < -0.39 is 0 Å². The molecule has 2 aliphatic rings. The zero-order valence-electron chi connectivity index (χ0n) is 12.8. The van der Waals surface area contributed by atoms with Crippen LogP contribution in [0.25, 0.3) is 0 Å². The average molecular weight is 284 g/mol. The first-order valence-corrected chi connectivity index (χ1v) is 8.13. The number of nitriles is 1. The molecule has 0 bridgehead atoms. The van der Waals surface area contributed by atoms with Crippen LogP contribution in [-0.2, 0) is 6.54 Å². The SMILES string of the molecule is COc1ccc(CN2CCC[C@H]3CCCC[C@H]32)cc1C#N. The molecule has 112 valence electrons. The number of hydrogen-bond acceptors (Lipinski definition) is 3. The summed E-state index contributed by atoms with van der Waals surface area (Å²) in [6, 6.07) is 9.02. The van der Waals surface area contributed by atoms with Crippen LogP contribution in [0.5, 0.6) is 5.75 Å². The number of piperidine rings is 1. The first kappa shape index (κ1) is 14.4. The third kappa shape index (κ3) is 3.06. The van der Waals surface area contributed by atoms with E-state index in [1.54, 1.807) is 7.11 Å². The van der Waals surface area contributed by atoms with Gasteiger partial charge in [0.25, 0.3) is 0 Å². The topological polar surface area (TPSA) is 36.3 Å². The summed E-state index contributed by atoms with van der Waals surface area (Å²) >= 11 is 0. The van der Waals surface area contributed by atoms with Crippen LogP contribution >= 0.6 is 0 Å². The molecule has 3 heteroatoms. The minimum atomic E-state index is 0.646. The highest BCUT2D eigenvalue weighted by Crippen LogP contribution is 2.36. The number of likely N-dealkylation sites (tertiary alicyclic amines) is 1. The van der Waals surface area contributed by atoms with Crippen molar-refractivity contribution >= 4 is 0 Å². The highest BCUT2D eigenvalue weighted by atomic mass is 16.5. The van der Waals surface area contributed by atoms with Gasteiger partial charge in [0, 0.05) is 12.6 Å². The third-order valence-electron chi connectivity index (χ3n) is 5.13. The van der Waals surface area contributed by atoms with Crippen molar-refractivity contribution in [2.24, 2.45) is 5.92 Å². The Balaban J connectivity index is 1.75. The third-order valence-corrected chi connectivity index (χ3v) is 5.13. The van der Waals surface area contributed by atoms with E-state index in [1.165, 1.54) is 50.6 Å². The number of fused-ring (bicyclic) bond motifs is 1. The van der Waals surface area contributed by atoms with Crippen LogP contribution in [0.4, 0.5) is 0 Å². The van der Waals surface area contributed by atoms with Crippen LogP contribution < -0.4 is 4.74 Å². The molecule has 0 spiro atoms. The van der Waals surface area contributed by atoms with Crippen LogP contribution in [0.2, 0.25) is 0 Å². The number of benzene rings is 1. The predicted octanol–water partition coefficient (Wildman–Crippen LogP) is 3.72. The van der Waals surface area contributed by atoms with E-state index in [1.807, 2.05) is 12.1 Å². The van der Waals surface area contributed by atoms with Gasteiger partial charge < -0.3 is 4.74 Å². The fourth-order valence-corrected chi connectivity index (χ4v) is 4.10. The summed E-state index contributed by atoms with van der Waals surface area (Å²) in [5, 5.41) is 9.22. The lowest BCUT2D eigenvalue weighted by Gasteiger charge is -2.44. The quantitative estimate of drug-likeness (QED) is 0.848. The van der Waals surface area contributed by atoms with Gasteiger partial charge in [-0.1, -0.05) is 18.9 Å². The predicted molar refractivity (Wildman–Crippen MR) is 83.1 cm³/mol. The zero-order chi connectivity index (χ0) is 14.7. The van der Waals surface area contributed by atoms with Gasteiger partial charge in [0.1, 0.15) is 11.8 Å². The van der Waals surface area contributed by atoms with E-state index >= 15 is 0 Å². The van der Waals surface area contributed by atoms with E-state index in [0.29, 0.717) is 11.3 Å². The minimum absolute atomic E-state index is 0.646. The molecule has 0 amide bonds. The van der Waals surface area contributed by atoms with Crippen molar-refractivity contribution in [2.75, 3.05) is 13.7 Å². The summed E-state index contributed by atoms with van der Waals surface area (Å²) in [6.45, 7) is 2.18. The highest BCUT2D eigenvalue weighted by Gasteiger charge is 2.32. The van der Waals surface area contributed by atoms with Crippen molar-refractivity contribution in [3.05, 3.63) is 29.3 Å². The fraction of sp³-hybridized carbons (Fsp3) is 0.611. The summed E-state index contributed by atoms with van der Waals surface area (Å²) in [5.41, 5.74) is 1.88. The molecule has 1 aromatic carbocycles. The van der Waals surface area contributed by atoms with Gasteiger partial charge in [0.05, 0.1) is 12.7 Å². The van der Waals surface area contributed by atoms with Crippen molar-refractivity contribution in [1.82, 2.24) is 4.90 Å². The summed E-state index contributed by atoms with van der Waals surface area (Å²) < 4.78 is 5.23. The second-order valence-electron chi connectivity index (χ2n) is 6.37. The lowest BCUT2D eigenvalue weighted by molar-refractivity contribution is 0.0547. The molecule has 2 atom stereocenters. The van der Waals surface area contributed by atoms with Gasteiger partial charge in [-0.2, -0.15) is 5.26 Å². The summed E-state index contributed by atoms with van der Waals surface area (Å²) in [6.07, 6.45) is 8.29. The second kappa shape index (κ2) is 6.49. The van der Waals surface area contributed by atoms with Crippen molar-refractivity contribution in [3.63, 3.8) is 0 Å². The van der Waals surface area contributed by atoms with Crippen LogP contribution in [0.15, 0.2) is 18.2 Å². The molecular formula is C18H24N2O. The molecule has 21 heavy (non-hydrogen) atoms. The first-order valence-electron chi connectivity index (χ1n) is 8.13. The average Bonchev–Trinajstić information content (AvgIpc) is 2.55. The van der Waals surface area contributed by atoms with Crippen molar-refractivity contribution in [2.45, 2.75) is 51.1 Å². The largest absolute Gasteiger partial charge is 0.495 e. The van der Waals surface area contributed by atoms with Crippen LogP contribution in [0.1, 0.15) is 49.7 Å². The molecule has 0 N–H and O–H groups in total. The van der Waals surface area contributed by atoms with E-state index in [4.69, 9.17) is 4.74 Å². The molecule has 1 aliphatic heterocycles. The van der Waals surface area contributed by atoms with Crippen LogP contribution in [0, 0.1) is 17.2 Å². The maximum atomic E-state index is 9.22. The summed E-state index contributed by atoms with van der Waals surface area (Å²) in [7, 11) is 1.62. The molecule has 2 fully saturated rings. The van der Waals surface area contributed by atoms with Gasteiger partial charge in [-0.25, -0.2) is 0 Å². The Labute approximate surface area is 127 Å². The normalized spacial score (nSPS) is 25.9. The molecule has 1 saturated carbocycles. The Morgan fingerprint density at radius 3 is 2.86 bits per heavy atom. The van der Waals surface area contributed by atoms with E-state index in [-0.39, 0.29) is 0 Å². The fourth-order valence-electron chi connectivity index (χ4n) is 4.10. The maximum Gasteiger partial charge on any atom is 0.136 e. The standard InChI is InChI=1S/C18H24N2O/c1-21-18-9-8-14(11-16(18)12-19)13-20-10-4-6-15-5-2-3-7-17(15)20/h8-9,11,15,17H,2-7,10,13H2,1H3/t15-,17-/m1/s1. The lowest BCUT2D eigenvalue weighted by atomic mass is 9.78. The molecule has 3 rings (SSSR count). The number of methoxy groups -OCH3 is 1. The Morgan fingerprint density at radius 1 is 1.24 bits per heavy atom. The highest BCUT2D eigenvalue weighted by molar-refractivity contribution is 5.45. The Hall–Kier alpha value is -1.53.